The molecule has 4 aromatic rings. The van der Waals surface area contributed by atoms with Crippen LogP contribution in [0.5, 0.6) is 0 Å². The van der Waals surface area contributed by atoms with Crippen LogP contribution in [0.1, 0.15) is 34.2 Å². The van der Waals surface area contributed by atoms with E-state index in [1.165, 1.54) is 23.8 Å². The summed E-state index contributed by atoms with van der Waals surface area (Å²) >= 11 is 0. The van der Waals surface area contributed by atoms with Gasteiger partial charge in [0.1, 0.15) is 11.6 Å². The van der Waals surface area contributed by atoms with Crippen molar-refractivity contribution >= 4 is 10.8 Å². The Bertz CT molecular complexity index is 1400. The number of ether oxygens (including phenoxy) is 1. The van der Waals surface area contributed by atoms with Crippen LogP contribution in [0.15, 0.2) is 78.9 Å². The van der Waals surface area contributed by atoms with E-state index in [-0.39, 0.29) is 5.82 Å². The van der Waals surface area contributed by atoms with Gasteiger partial charge in [-0.2, -0.15) is 0 Å². The fraction of sp³-hybridized carbons (Fsp3) is 0.133. The summed E-state index contributed by atoms with van der Waals surface area (Å²) in [5, 5.41) is 1.69. The lowest BCUT2D eigenvalue weighted by Crippen LogP contribution is -1.92. The van der Waals surface area contributed by atoms with Gasteiger partial charge in [-0.1, -0.05) is 47.9 Å². The number of hydrogen-bond donors (Lipinski definition) is 0. The average Bonchev–Trinajstić information content (AvgIpc) is 2.83. The van der Waals surface area contributed by atoms with E-state index in [0.29, 0.717) is 11.1 Å². The summed E-state index contributed by atoms with van der Waals surface area (Å²) in [6.07, 6.45) is 1.95. The standard InChI is InChI=1S/C30H22F2O/c1-33-18-2-3-22-4-6-23(7-5-22)8-9-25-11-14-26(30(32)20-25)13-10-24-12-15-28-21-29(31)17-16-27(28)19-24/h4-7,11-12,14-17,19-21H,2-3,18H2,1H3. The minimum Gasteiger partial charge on any atom is -0.385 e. The molecule has 0 aliphatic carbocycles. The van der Waals surface area contributed by atoms with E-state index in [4.69, 9.17) is 4.74 Å². The van der Waals surface area contributed by atoms with Crippen LogP contribution in [-0.2, 0) is 11.2 Å². The van der Waals surface area contributed by atoms with Crippen LogP contribution >= 0.6 is 0 Å². The van der Waals surface area contributed by atoms with Crippen LogP contribution in [0.3, 0.4) is 0 Å². The van der Waals surface area contributed by atoms with Gasteiger partial charge in [-0.3, -0.25) is 0 Å². The molecule has 4 rings (SSSR count). The maximum Gasteiger partial charge on any atom is 0.140 e. The Kier molecular flexibility index (Phi) is 7.16. The number of fused-ring (bicyclic) bond motifs is 1. The lowest BCUT2D eigenvalue weighted by Gasteiger charge is -2.01. The van der Waals surface area contributed by atoms with Gasteiger partial charge in [-0.25, -0.2) is 8.78 Å². The van der Waals surface area contributed by atoms with Crippen molar-refractivity contribution in [2.24, 2.45) is 0 Å². The molecule has 0 aromatic heterocycles. The van der Waals surface area contributed by atoms with Crippen LogP contribution in [0.25, 0.3) is 10.8 Å². The van der Waals surface area contributed by atoms with Crippen molar-refractivity contribution in [3.63, 3.8) is 0 Å². The fourth-order valence-corrected chi connectivity index (χ4v) is 3.45. The molecule has 162 valence electrons. The Hall–Kier alpha value is -3.92. The van der Waals surface area contributed by atoms with Gasteiger partial charge in [-0.05, 0) is 83.8 Å². The molecule has 0 amide bonds. The highest BCUT2D eigenvalue weighted by Gasteiger charge is 2.01. The second-order valence-electron chi connectivity index (χ2n) is 7.69. The maximum absolute atomic E-state index is 14.6. The molecule has 0 saturated carbocycles. The zero-order valence-electron chi connectivity index (χ0n) is 18.3. The van der Waals surface area contributed by atoms with Crippen molar-refractivity contribution in [1.29, 1.82) is 0 Å². The number of hydrogen-bond acceptors (Lipinski definition) is 1. The number of rotatable bonds is 4. The summed E-state index contributed by atoms with van der Waals surface area (Å²) in [6, 6.07) is 22.9. The quantitative estimate of drug-likeness (QED) is 0.262. The molecule has 0 atom stereocenters. The van der Waals surface area contributed by atoms with Crippen LogP contribution in [0, 0.1) is 35.3 Å². The SMILES string of the molecule is COCCCc1ccc(C#Cc2ccc(C#Cc3ccc4cc(F)ccc4c3)c(F)c2)cc1. The Morgan fingerprint density at radius 3 is 2.09 bits per heavy atom. The third kappa shape index (κ3) is 6.07. The first-order valence-electron chi connectivity index (χ1n) is 10.7. The van der Waals surface area contributed by atoms with E-state index in [9.17, 15) is 8.78 Å². The highest BCUT2D eigenvalue weighted by atomic mass is 19.1. The number of methoxy groups -OCH3 is 1. The lowest BCUT2D eigenvalue weighted by atomic mass is 10.1. The van der Waals surface area contributed by atoms with Crippen molar-refractivity contribution in [2.75, 3.05) is 13.7 Å². The molecule has 33 heavy (non-hydrogen) atoms. The van der Waals surface area contributed by atoms with Gasteiger partial charge in [0.05, 0.1) is 5.56 Å². The molecule has 0 heterocycles. The van der Waals surface area contributed by atoms with Gasteiger partial charge >= 0.3 is 0 Å². The molecular formula is C30H22F2O. The smallest absolute Gasteiger partial charge is 0.140 e. The molecule has 1 nitrogen and oxygen atoms in total. The van der Waals surface area contributed by atoms with Crippen LogP contribution < -0.4 is 0 Å². The van der Waals surface area contributed by atoms with Gasteiger partial charge in [0, 0.05) is 30.4 Å². The highest BCUT2D eigenvalue weighted by molar-refractivity contribution is 5.84. The lowest BCUT2D eigenvalue weighted by molar-refractivity contribution is 0.195. The van der Waals surface area contributed by atoms with E-state index in [2.05, 4.69) is 35.8 Å². The van der Waals surface area contributed by atoms with Crippen LogP contribution in [-0.4, -0.2) is 13.7 Å². The van der Waals surface area contributed by atoms with Gasteiger partial charge in [-0.15, -0.1) is 0 Å². The molecule has 3 heteroatoms. The van der Waals surface area contributed by atoms with Gasteiger partial charge in [0.25, 0.3) is 0 Å². The minimum atomic E-state index is -0.411. The molecule has 0 bridgehead atoms. The van der Waals surface area contributed by atoms with E-state index in [1.54, 1.807) is 31.4 Å². The maximum atomic E-state index is 14.6. The van der Waals surface area contributed by atoms with Crippen molar-refractivity contribution < 1.29 is 13.5 Å². The average molecular weight is 437 g/mol. The first-order valence-corrected chi connectivity index (χ1v) is 10.7. The Balaban J connectivity index is 1.46. The Morgan fingerprint density at radius 2 is 1.30 bits per heavy atom. The molecule has 0 spiro atoms. The monoisotopic (exact) mass is 436 g/mol. The molecule has 0 aliphatic heterocycles. The summed E-state index contributed by atoms with van der Waals surface area (Å²) in [7, 11) is 1.70. The van der Waals surface area contributed by atoms with Gasteiger partial charge < -0.3 is 4.74 Å². The van der Waals surface area contributed by atoms with Crippen molar-refractivity contribution in [2.45, 2.75) is 12.8 Å². The zero-order chi connectivity index (χ0) is 23.0. The summed E-state index contributed by atoms with van der Waals surface area (Å²) in [4.78, 5) is 0. The fourth-order valence-electron chi connectivity index (χ4n) is 3.45. The number of benzene rings is 4. The molecule has 0 N–H and O–H groups in total. The van der Waals surface area contributed by atoms with Crippen LogP contribution in [0.4, 0.5) is 8.78 Å². The van der Waals surface area contributed by atoms with Crippen molar-refractivity contribution in [3.05, 3.63) is 118 Å². The topological polar surface area (TPSA) is 9.23 Å². The number of halogens is 2. The molecular weight excluding hydrogens is 414 g/mol. The molecule has 0 unspecified atom stereocenters. The number of aryl methyl sites for hydroxylation is 1. The highest BCUT2D eigenvalue weighted by Crippen LogP contribution is 2.17. The predicted molar refractivity (Wildman–Crippen MR) is 129 cm³/mol. The molecule has 0 saturated heterocycles. The van der Waals surface area contributed by atoms with Gasteiger partial charge in [0.2, 0.25) is 0 Å². The Labute approximate surface area is 193 Å². The zero-order valence-corrected chi connectivity index (χ0v) is 18.3. The first kappa shape index (κ1) is 22.3. The van der Waals surface area contributed by atoms with E-state index in [0.717, 1.165) is 41.3 Å². The summed E-state index contributed by atoms with van der Waals surface area (Å²) in [5.74, 6) is 11.3. The van der Waals surface area contributed by atoms with E-state index < -0.39 is 5.82 Å². The third-order valence-corrected chi connectivity index (χ3v) is 5.23. The van der Waals surface area contributed by atoms with Crippen LogP contribution in [0.2, 0.25) is 0 Å². The summed E-state index contributed by atoms with van der Waals surface area (Å²) < 4.78 is 33.0. The normalized spacial score (nSPS) is 10.3. The molecule has 0 fully saturated rings. The molecule has 0 radical (unpaired) electrons. The predicted octanol–water partition coefficient (Wildman–Crippen LogP) is 6.50. The second kappa shape index (κ2) is 10.6. The third-order valence-electron chi connectivity index (χ3n) is 5.23. The van der Waals surface area contributed by atoms with Crippen molar-refractivity contribution in [3.8, 4) is 23.7 Å². The minimum absolute atomic E-state index is 0.276. The van der Waals surface area contributed by atoms with E-state index in [1.807, 2.05) is 24.3 Å². The summed E-state index contributed by atoms with van der Waals surface area (Å²) in [6.45, 7) is 0.747. The second-order valence-corrected chi connectivity index (χ2v) is 7.69. The largest absolute Gasteiger partial charge is 0.385 e. The first-order chi connectivity index (χ1) is 16.1. The van der Waals surface area contributed by atoms with E-state index >= 15 is 0 Å². The molecule has 0 aliphatic rings. The van der Waals surface area contributed by atoms with Crippen molar-refractivity contribution in [1.82, 2.24) is 0 Å². The summed E-state index contributed by atoms with van der Waals surface area (Å²) in [5.41, 5.74) is 3.76. The Morgan fingerprint density at radius 1 is 0.667 bits per heavy atom. The van der Waals surface area contributed by atoms with Gasteiger partial charge in [0.15, 0.2) is 0 Å². The molecule has 4 aromatic carbocycles.